The van der Waals surface area contributed by atoms with Crippen molar-refractivity contribution in [2.45, 2.75) is 51.2 Å². The molecule has 122 valence electrons. The number of amides is 1. The Labute approximate surface area is 133 Å². The fourth-order valence-corrected chi connectivity index (χ4v) is 2.82. The van der Waals surface area contributed by atoms with Gasteiger partial charge in [0.25, 0.3) is 5.91 Å². The first-order chi connectivity index (χ1) is 10.4. The Hall–Kier alpha value is -1.39. The molecule has 0 unspecified atom stereocenters. The van der Waals surface area contributed by atoms with Gasteiger partial charge in [-0.25, -0.2) is 0 Å². The lowest BCUT2D eigenvalue weighted by Crippen LogP contribution is -2.53. The van der Waals surface area contributed by atoms with Gasteiger partial charge in [-0.2, -0.15) is 0 Å². The molecule has 1 aromatic rings. The van der Waals surface area contributed by atoms with Crippen LogP contribution in [0.2, 0.25) is 0 Å². The van der Waals surface area contributed by atoms with Crippen molar-refractivity contribution < 1.29 is 9.53 Å². The second-order valence-corrected chi connectivity index (χ2v) is 7.08. The van der Waals surface area contributed by atoms with Crippen molar-refractivity contribution in [3.8, 4) is 0 Å². The molecular formula is C18H28N2O2. The molecule has 0 radical (unpaired) electrons. The highest BCUT2D eigenvalue weighted by Gasteiger charge is 2.39. The van der Waals surface area contributed by atoms with Gasteiger partial charge in [-0.3, -0.25) is 4.79 Å². The Morgan fingerprint density at radius 3 is 2.32 bits per heavy atom. The molecule has 0 saturated carbocycles. The minimum atomic E-state index is -0.670. The quantitative estimate of drug-likeness (QED) is 0.898. The number of hydrogen-bond acceptors (Lipinski definition) is 3. The number of rotatable bonds is 4. The zero-order valence-electron chi connectivity index (χ0n) is 14.2. The molecule has 0 bridgehead atoms. The van der Waals surface area contributed by atoms with E-state index in [1.54, 1.807) is 7.11 Å². The van der Waals surface area contributed by atoms with Crippen LogP contribution < -0.4 is 10.6 Å². The van der Waals surface area contributed by atoms with E-state index in [0.717, 1.165) is 31.5 Å². The van der Waals surface area contributed by atoms with Gasteiger partial charge in [0.15, 0.2) is 0 Å². The van der Waals surface area contributed by atoms with E-state index in [2.05, 4.69) is 55.7 Å². The van der Waals surface area contributed by atoms with E-state index in [1.165, 1.54) is 5.56 Å². The molecule has 1 heterocycles. The molecule has 1 amide bonds. The maximum atomic E-state index is 12.5. The van der Waals surface area contributed by atoms with Gasteiger partial charge < -0.3 is 15.4 Å². The predicted molar refractivity (Wildman–Crippen MR) is 88.8 cm³/mol. The zero-order chi connectivity index (χ0) is 16.2. The second-order valence-electron chi connectivity index (χ2n) is 7.08. The predicted octanol–water partition coefficient (Wildman–Crippen LogP) is 2.37. The maximum absolute atomic E-state index is 12.5. The highest BCUT2D eigenvalue weighted by atomic mass is 16.5. The van der Waals surface area contributed by atoms with Crippen LogP contribution >= 0.6 is 0 Å². The lowest BCUT2D eigenvalue weighted by molar-refractivity contribution is -0.146. The average Bonchev–Trinajstić information content (AvgIpc) is 2.52. The number of benzene rings is 1. The Morgan fingerprint density at radius 2 is 1.82 bits per heavy atom. The topological polar surface area (TPSA) is 50.4 Å². The molecule has 2 rings (SSSR count). The number of nitrogens with one attached hydrogen (secondary N) is 2. The van der Waals surface area contributed by atoms with Gasteiger partial charge in [0.1, 0.15) is 5.60 Å². The lowest BCUT2D eigenvalue weighted by Gasteiger charge is -2.34. The van der Waals surface area contributed by atoms with E-state index in [-0.39, 0.29) is 11.3 Å². The third-order valence-corrected chi connectivity index (χ3v) is 4.49. The van der Waals surface area contributed by atoms with Gasteiger partial charge in [0.2, 0.25) is 0 Å². The first-order valence-corrected chi connectivity index (χ1v) is 8.01. The van der Waals surface area contributed by atoms with Crippen LogP contribution in [0.1, 0.15) is 44.7 Å². The third kappa shape index (κ3) is 3.87. The number of ether oxygens (including phenoxy) is 1. The molecular weight excluding hydrogens is 276 g/mol. The van der Waals surface area contributed by atoms with Crippen molar-refractivity contribution in [1.82, 2.24) is 10.6 Å². The Kier molecular flexibility index (Phi) is 5.24. The Bertz CT molecular complexity index is 497. The summed E-state index contributed by atoms with van der Waals surface area (Å²) in [6.45, 7) is 8.78. The van der Waals surface area contributed by atoms with Crippen LogP contribution in [0.3, 0.4) is 0 Å². The highest BCUT2D eigenvalue weighted by molar-refractivity contribution is 5.85. The summed E-state index contributed by atoms with van der Waals surface area (Å²) in [5.74, 6) is -0.00334. The fraction of sp³-hybridized carbons (Fsp3) is 0.611. The Morgan fingerprint density at radius 1 is 1.23 bits per heavy atom. The molecule has 0 aliphatic carbocycles. The van der Waals surface area contributed by atoms with Crippen molar-refractivity contribution >= 4 is 5.91 Å². The van der Waals surface area contributed by atoms with Crippen molar-refractivity contribution in [1.29, 1.82) is 0 Å². The summed E-state index contributed by atoms with van der Waals surface area (Å²) in [6.07, 6.45) is 1.44. The monoisotopic (exact) mass is 304 g/mol. The lowest BCUT2D eigenvalue weighted by atomic mass is 9.86. The summed E-state index contributed by atoms with van der Waals surface area (Å²) in [7, 11) is 1.63. The van der Waals surface area contributed by atoms with E-state index >= 15 is 0 Å². The smallest absolute Gasteiger partial charge is 0.252 e. The van der Waals surface area contributed by atoms with Crippen LogP contribution in [0.25, 0.3) is 0 Å². The molecule has 0 spiro atoms. The number of piperidine rings is 1. The van der Waals surface area contributed by atoms with Crippen LogP contribution in [0.15, 0.2) is 24.3 Å². The van der Waals surface area contributed by atoms with Crippen molar-refractivity contribution in [3.63, 3.8) is 0 Å². The number of carbonyl (C=O) groups excluding carboxylic acids is 1. The van der Waals surface area contributed by atoms with Crippen molar-refractivity contribution in [2.24, 2.45) is 0 Å². The van der Waals surface area contributed by atoms with E-state index in [0.29, 0.717) is 6.54 Å². The Balaban J connectivity index is 1.96. The fourth-order valence-electron chi connectivity index (χ4n) is 2.82. The molecule has 0 aromatic heterocycles. The summed E-state index contributed by atoms with van der Waals surface area (Å²) in [6, 6.07) is 8.45. The average molecular weight is 304 g/mol. The summed E-state index contributed by atoms with van der Waals surface area (Å²) in [5, 5.41) is 6.29. The molecule has 1 fully saturated rings. The van der Waals surface area contributed by atoms with E-state index < -0.39 is 5.60 Å². The number of methoxy groups -OCH3 is 1. The SMILES string of the molecule is COC1(C(=O)NCc2ccc(C(C)(C)C)cc2)CCNCC1. The summed E-state index contributed by atoms with van der Waals surface area (Å²) in [5.41, 5.74) is 1.89. The molecule has 1 aliphatic rings. The first kappa shape index (κ1) is 17.0. The maximum Gasteiger partial charge on any atom is 0.252 e. The van der Waals surface area contributed by atoms with Crippen LogP contribution in [0.4, 0.5) is 0 Å². The first-order valence-electron chi connectivity index (χ1n) is 8.01. The van der Waals surface area contributed by atoms with E-state index in [4.69, 9.17) is 4.74 Å². The minimum Gasteiger partial charge on any atom is -0.368 e. The van der Waals surface area contributed by atoms with Gasteiger partial charge in [0.05, 0.1) is 0 Å². The largest absolute Gasteiger partial charge is 0.368 e. The summed E-state index contributed by atoms with van der Waals surface area (Å²) >= 11 is 0. The molecule has 4 heteroatoms. The van der Waals surface area contributed by atoms with Crippen molar-refractivity contribution in [2.75, 3.05) is 20.2 Å². The molecule has 4 nitrogen and oxygen atoms in total. The van der Waals surface area contributed by atoms with Gasteiger partial charge >= 0.3 is 0 Å². The van der Waals surface area contributed by atoms with Crippen LogP contribution in [-0.4, -0.2) is 31.7 Å². The standard InChI is InChI=1S/C18H28N2O2/c1-17(2,3)15-7-5-14(6-8-15)13-20-16(21)18(22-4)9-11-19-12-10-18/h5-8,19H,9-13H2,1-4H3,(H,20,21). The third-order valence-electron chi connectivity index (χ3n) is 4.49. The van der Waals surface area contributed by atoms with Gasteiger partial charge in [-0.15, -0.1) is 0 Å². The zero-order valence-corrected chi connectivity index (χ0v) is 14.2. The highest BCUT2D eigenvalue weighted by Crippen LogP contribution is 2.24. The van der Waals surface area contributed by atoms with Crippen LogP contribution in [-0.2, 0) is 21.5 Å². The molecule has 0 atom stereocenters. The summed E-state index contributed by atoms with van der Waals surface area (Å²) in [4.78, 5) is 12.5. The van der Waals surface area contributed by atoms with Gasteiger partial charge in [0, 0.05) is 13.7 Å². The molecule has 1 aliphatic heterocycles. The summed E-state index contributed by atoms with van der Waals surface area (Å²) < 4.78 is 5.54. The van der Waals surface area contributed by atoms with Crippen LogP contribution in [0, 0.1) is 0 Å². The molecule has 1 saturated heterocycles. The van der Waals surface area contributed by atoms with Crippen LogP contribution in [0.5, 0.6) is 0 Å². The van der Waals surface area contributed by atoms with Gasteiger partial charge in [-0.1, -0.05) is 45.0 Å². The number of hydrogen-bond donors (Lipinski definition) is 2. The molecule has 1 aromatic carbocycles. The normalized spacial score (nSPS) is 18.0. The molecule has 22 heavy (non-hydrogen) atoms. The van der Waals surface area contributed by atoms with E-state index in [9.17, 15) is 4.79 Å². The minimum absolute atomic E-state index is 0.00334. The van der Waals surface area contributed by atoms with Crippen molar-refractivity contribution in [3.05, 3.63) is 35.4 Å². The van der Waals surface area contributed by atoms with Gasteiger partial charge in [-0.05, 0) is 42.5 Å². The molecule has 2 N–H and O–H groups in total. The number of carbonyl (C=O) groups is 1. The van der Waals surface area contributed by atoms with E-state index in [1.807, 2.05) is 0 Å². The second kappa shape index (κ2) is 6.80.